The molecule has 0 aliphatic heterocycles. The maximum Gasteiger partial charge on any atom is 0.340 e. The number of hydrogen-bond donors (Lipinski definition) is 1. The maximum absolute atomic E-state index is 12.0. The molecule has 0 spiro atoms. The molecule has 0 aliphatic rings. The van der Waals surface area contributed by atoms with Crippen molar-refractivity contribution in [3.8, 4) is 0 Å². The van der Waals surface area contributed by atoms with Crippen LogP contribution in [0.25, 0.3) is 0 Å². The molecule has 0 heterocycles. The lowest BCUT2D eigenvalue weighted by molar-refractivity contribution is 0.0473. The highest BCUT2D eigenvalue weighted by atomic mass is 79.9. The third kappa shape index (κ3) is 3.35. The van der Waals surface area contributed by atoms with Crippen molar-refractivity contribution in [2.24, 2.45) is 0 Å². The molecule has 0 unspecified atom stereocenters. The molecule has 2 N–H and O–H groups in total. The van der Waals surface area contributed by atoms with Crippen LogP contribution >= 0.6 is 15.9 Å². The largest absolute Gasteiger partial charge is 0.457 e. The Hall–Kier alpha value is -1.81. The second-order valence-electron chi connectivity index (χ2n) is 4.26. The second-order valence-corrected chi connectivity index (χ2v) is 5.11. The normalized spacial score (nSPS) is 10.2. The minimum Gasteiger partial charge on any atom is -0.457 e. The van der Waals surface area contributed by atoms with E-state index in [2.05, 4.69) is 15.9 Å². The molecule has 98 valence electrons. The molecule has 2 rings (SSSR count). The summed E-state index contributed by atoms with van der Waals surface area (Å²) >= 11 is 3.41. The van der Waals surface area contributed by atoms with E-state index in [9.17, 15) is 4.79 Å². The number of nitrogens with two attached hydrogens (primary N) is 1. The zero-order chi connectivity index (χ0) is 13.8. The van der Waals surface area contributed by atoms with Gasteiger partial charge in [-0.2, -0.15) is 0 Å². The first kappa shape index (κ1) is 13.6. The summed E-state index contributed by atoms with van der Waals surface area (Å²) in [7, 11) is 0. The Morgan fingerprint density at radius 1 is 1.26 bits per heavy atom. The third-order valence-electron chi connectivity index (χ3n) is 2.75. The van der Waals surface area contributed by atoms with Gasteiger partial charge in [0.05, 0.1) is 5.56 Å². The first-order valence-electron chi connectivity index (χ1n) is 5.84. The number of benzene rings is 2. The van der Waals surface area contributed by atoms with Crippen LogP contribution in [0.2, 0.25) is 0 Å². The maximum atomic E-state index is 12.0. The molecule has 2 aromatic rings. The average molecular weight is 320 g/mol. The number of halogens is 1. The number of aryl methyl sites for hydroxylation is 1. The van der Waals surface area contributed by atoms with Crippen molar-refractivity contribution < 1.29 is 9.53 Å². The van der Waals surface area contributed by atoms with Gasteiger partial charge in [-0.05, 0) is 25.1 Å². The van der Waals surface area contributed by atoms with Crippen LogP contribution in [0.4, 0.5) is 5.69 Å². The lowest BCUT2D eigenvalue weighted by Gasteiger charge is -2.09. The van der Waals surface area contributed by atoms with Gasteiger partial charge >= 0.3 is 5.97 Å². The molecule has 2 aromatic carbocycles. The van der Waals surface area contributed by atoms with Crippen molar-refractivity contribution in [1.82, 2.24) is 0 Å². The molecule has 0 fully saturated rings. The van der Waals surface area contributed by atoms with Crippen molar-refractivity contribution in [3.63, 3.8) is 0 Å². The first-order valence-corrected chi connectivity index (χ1v) is 6.64. The first-order chi connectivity index (χ1) is 9.08. The fraction of sp³-hybridized carbons (Fsp3) is 0.133. The Bertz CT molecular complexity index is 611. The summed E-state index contributed by atoms with van der Waals surface area (Å²) < 4.78 is 6.20. The van der Waals surface area contributed by atoms with E-state index in [4.69, 9.17) is 10.5 Å². The van der Waals surface area contributed by atoms with Crippen LogP contribution in [0.15, 0.2) is 46.9 Å². The van der Waals surface area contributed by atoms with Gasteiger partial charge in [-0.1, -0.05) is 45.8 Å². The molecular weight excluding hydrogens is 306 g/mol. The molecule has 3 nitrogen and oxygen atoms in total. The van der Waals surface area contributed by atoms with E-state index < -0.39 is 5.97 Å². The highest BCUT2D eigenvalue weighted by Gasteiger charge is 2.12. The molecule has 0 atom stereocenters. The zero-order valence-corrected chi connectivity index (χ0v) is 12.1. The number of carbonyl (C=O) groups excluding carboxylic acids is 1. The van der Waals surface area contributed by atoms with Crippen molar-refractivity contribution in [3.05, 3.63) is 63.6 Å². The van der Waals surface area contributed by atoms with Gasteiger partial charge in [0.1, 0.15) is 6.61 Å². The number of hydrogen-bond acceptors (Lipinski definition) is 3. The Morgan fingerprint density at radius 2 is 2.00 bits per heavy atom. The van der Waals surface area contributed by atoms with E-state index in [1.807, 2.05) is 37.3 Å². The van der Waals surface area contributed by atoms with Crippen LogP contribution < -0.4 is 5.73 Å². The molecule has 0 aromatic heterocycles. The predicted molar refractivity (Wildman–Crippen MR) is 78.9 cm³/mol. The summed E-state index contributed by atoms with van der Waals surface area (Å²) in [6.07, 6.45) is 0. The minimum absolute atomic E-state index is 0.216. The van der Waals surface area contributed by atoms with Gasteiger partial charge < -0.3 is 10.5 Å². The summed E-state index contributed by atoms with van der Waals surface area (Å²) in [5.74, 6) is -0.406. The fourth-order valence-corrected chi connectivity index (χ4v) is 2.08. The van der Waals surface area contributed by atoms with E-state index in [-0.39, 0.29) is 6.61 Å². The summed E-state index contributed by atoms with van der Waals surface area (Å²) in [5, 5.41) is 0. The van der Waals surface area contributed by atoms with Crippen LogP contribution in [-0.4, -0.2) is 5.97 Å². The van der Waals surface area contributed by atoms with Gasteiger partial charge in [0.15, 0.2) is 0 Å². The van der Waals surface area contributed by atoms with Gasteiger partial charge in [-0.25, -0.2) is 4.79 Å². The molecular formula is C15H14BrNO2. The fourth-order valence-electron chi connectivity index (χ4n) is 1.68. The van der Waals surface area contributed by atoms with Crippen LogP contribution in [0.5, 0.6) is 0 Å². The zero-order valence-electron chi connectivity index (χ0n) is 10.5. The Labute approximate surface area is 120 Å². The van der Waals surface area contributed by atoms with Gasteiger partial charge in [0.25, 0.3) is 0 Å². The van der Waals surface area contributed by atoms with Crippen molar-refractivity contribution in [1.29, 1.82) is 0 Å². The Balaban J connectivity index is 2.10. The molecule has 4 heteroatoms. The number of rotatable bonds is 3. The summed E-state index contributed by atoms with van der Waals surface area (Å²) in [5.41, 5.74) is 8.51. The summed E-state index contributed by atoms with van der Waals surface area (Å²) in [6.45, 7) is 2.12. The van der Waals surface area contributed by atoms with E-state index in [1.54, 1.807) is 12.1 Å². The molecule has 0 radical (unpaired) electrons. The van der Waals surface area contributed by atoms with Crippen molar-refractivity contribution in [2.75, 3.05) is 5.73 Å². The number of esters is 1. The lowest BCUT2D eigenvalue weighted by Crippen LogP contribution is -2.08. The second kappa shape index (κ2) is 5.89. The SMILES string of the molecule is Cc1ccc(N)c(C(=O)OCc2ccccc2Br)c1. The molecule has 0 saturated heterocycles. The quantitative estimate of drug-likeness (QED) is 0.693. The highest BCUT2D eigenvalue weighted by molar-refractivity contribution is 9.10. The van der Waals surface area contributed by atoms with Crippen LogP contribution in [0.3, 0.4) is 0 Å². The summed E-state index contributed by atoms with van der Waals surface area (Å²) in [4.78, 5) is 12.0. The standard InChI is InChI=1S/C15H14BrNO2/c1-10-6-7-14(17)12(8-10)15(18)19-9-11-4-2-3-5-13(11)16/h2-8H,9,17H2,1H3. The van der Waals surface area contributed by atoms with Crippen LogP contribution in [-0.2, 0) is 11.3 Å². The van der Waals surface area contributed by atoms with E-state index in [1.165, 1.54) is 0 Å². The average Bonchev–Trinajstić information content (AvgIpc) is 2.40. The topological polar surface area (TPSA) is 52.3 Å². The minimum atomic E-state index is -0.406. The molecule has 0 bridgehead atoms. The highest BCUT2D eigenvalue weighted by Crippen LogP contribution is 2.19. The molecule has 0 aliphatic carbocycles. The Kier molecular flexibility index (Phi) is 4.22. The number of nitrogen functional groups attached to an aromatic ring is 1. The lowest BCUT2D eigenvalue weighted by atomic mass is 10.1. The molecule has 0 amide bonds. The van der Waals surface area contributed by atoms with Gasteiger partial charge in [-0.3, -0.25) is 0 Å². The van der Waals surface area contributed by atoms with Crippen LogP contribution in [0, 0.1) is 6.92 Å². The predicted octanol–water partition coefficient (Wildman–Crippen LogP) is 3.70. The molecule has 0 saturated carbocycles. The summed E-state index contributed by atoms with van der Waals surface area (Å²) in [6, 6.07) is 12.9. The number of anilines is 1. The number of carbonyl (C=O) groups is 1. The van der Waals surface area contributed by atoms with E-state index in [0.717, 1.165) is 15.6 Å². The smallest absolute Gasteiger partial charge is 0.340 e. The van der Waals surface area contributed by atoms with Gasteiger partial charge in [0.2, 0.25) is 0 Å². The van der Waals surface area contributed by atoms with E-state index >= 15 is 0 Å². The Morgan fingerprint density at radius 3 is 2.74 bits per heavy atom. The molecule has 19 heavy (non-hydrogen) atoms. The van der Waals surface area contributed by atoms with Gasteiger partial charge in [0, 0.05) is 15.7 Å². The monoisotopic (exact) mass is 319 g/mol. The van der Waals surface area contributed by atoms with Gasteiger partial charge in [-0.15, -0.1) is 0 Å². The van der Waals surface area contributed by atoms with Crippen molar-refractivity contribution >= 4 is 27.6 Å². The van der Waals surface area contributed by atoms with E-state index in [0.29, 0.717) is 11.3 Å². The van der Waals surface area contributed by atoms with Crippen LogP contribution in [0.1, 0.15) is 21.5 Å². The van der Waals surface area contributed by atoms with Crippen molar-refractivity contribution in [2.45, 2.75) is 13.5 Å². The third-order valence-corrected chi connectivity index (χ3v) is 3.52. The number of ether oxygens (including phenoxy) is 1.